The van der Waals surface area contributed by atoms with Crippen LogP contribution in [0.5, 0.6) is 0 Å². The Morgan fingerprint density at radius 3 is 2.69 bits per heavy atom. The fourth-order valence-electron chi connectivity index (χ4n) is 0.751. The third-order valence-electron chi connectivity index (χ3n) is 1.32. The van der Waals surface area contributed by atoms with E-state index in [1.54, 1.807) is 24.4 Å². The number of hydrogen-bond donors (Lipinski definition) is 2. The molecule has 1 rings (SSSR count). The third kappa shape index (κ3) is 7.09. The molecular weight excluding hydrogens is 261 g/mol. The molecule has 0 aliphatic rings. The van der Waals surface area contributed by atoms with Crippen molar-refractivity contribution in [2.75, 3.05) is 11.2 Å². The second-order valence-corrected chi connectivity index (χ2v) is 4.36. The van der Waals surface area contributed by atoms with Gasteiger partial charge in [0.05, 0.1) is 0 Å². The van der Waals surface area contributed by atoms with E-state index in [1.165, 1.54) is 0 Å². The van der Waals surface area contributed by atoms with E-state index < -0.39 is 16.0 Å². The maximum Gasteiger partial charge on any atom is 1.00 e. The molecular formula is C7H8N3NaO3S2. The zero-order chi connectivity index (χ0) is 11.3. The molecule has 0 fully saturated rings. The number of anilines is 1. The van der Waals surface area contributed by atoms with Gasteiger partial charge in [-0.2, -0.15) is 0 Å². The molecule has 1 aromatic heterocycles. The van der Waals surface area contributed by atoms with Crippen molar-refractivity contribution >= 4 is 33.3 Å². The van der Waals surface area contributed by atoms with Gasteiger partial charge in [-0.3, -0.25) is 0 Å². The quantitative estimate of drug-likeness (QED) is 0.340. The van der Waals surface area contributed by atoms with Crippen LogP contribution in [0, 0.1) is 0 Å². The van der Waals surface area contributed by atoms with Gasteiger partial charge in [-0.15, -0.1) is 0 Å². The van der Waals surface area contributed by atoms with Crippen molar-refractivity contribution in [3.63, 3.8) is 0 Å². The van der Waals surface area contributed by atoms with Crippen molar-refractivity contribution in [1.29, 1.82) is 0 Å². The van der Waals surface area contributed by atoms with Gasteiger partial charge in [-0.05, 0) is 24.4 Å². The molecule has 1 heterocycles. The van der Waals surface area contributed by atoms with Gasteiger partial charge in [0.1, 0.15) is 21.8 Å². The molecule has 0 aliphatic heterocycles. The molecule has 0 radical (unpaired) electrons. The first-order valence-corrected chi connectivity index (χ1v) is 5.85. The van der Waals surface area contributed by atoms with E-state index >= 15 is 0 Å². The summed E-state index contributed by atoms with van der Waals surface area (Å²) in [6.45, 7) is 0. The van der Waals surface area contributed by atoms with E-state index in [0.717, 1.165) is 0 Å². The van der Waals surface area contributed by atoms with Crippen LogP contribution in [0.2, 0.25) is 0 Å². The average Bonchev–Trinajstić information content (AvgIpc) is 2.15. The summed E-state index contributed by atoms with van der Waals surface area (Å²) in [5.74, 6) is -0.274. The van der Waals surface area contributed by atoms with Gasteiger partial charge < -0.3 is 15.2 Å². The topological polar surface area (TPSA) is 94.2 Å². The summed E-state index contributed by atoms with van der Waals surface area (Å²) in [5, 5.41) is 4.91. The number of pyridine rings is 1. The minimum Gasteiger partial charge on any atom is -0.747 e. The van der Waals surface area contributed by atoms with Crippen LogP contribution < -0.4 is 40.2 Å². The number of rotatable bonds is 3. The molecule has 0 saturated carbocycles. The van der Waals surface area contributed by atoms with Gasteiger partial charge in [0.25, 0.3) is 0 Å². The largest absolute Gasteiger partial charge is 1.00 e. The predicted molar refractivity (Wildman–Crippen MR) is 58.2 cm³/mol. The monoisotopic (exact) mass is 269 g/mol. The van der Waals surface area contributed by atoms with Gasteiger partial charge in [-0.1, -0.05) is 6.07 Å². The standard InChI is InChI=1S/C7H9N3O3S2.Na/c11-15(12,13)5-9-7(14)10-6-3-1-2-4-8-6;/h1-4H,5H2,(H,11,12,13)(H2,8,9,10,14);/q;+1/p-1. The van der Waals surface area contributed by atoms with Crippen molar-refractivity contribution < 1.29 is 42.5 Å². The number of aromatic nitrogens is 1. The van der Waals surface area contributed by atoms with Gasteiger partial charge in [0.2, 0.25) is 0 Å². The summed E-state index contributed by atoms with van der Waals surface area (Å²) in [6.07, 6.45) is 1.55. The first kappa shape index (κ1) is 15.8. The Balaban J connectivity index is 0.00000225. The van der Waals surface area contributed by atoms with Gasteiger partial charge in [0, 0.05) is 6.20 Å². The predicted octanol–water partition coefficient (Wildman–Crippen LogP) is -3.13. The summed E-state index contributed by atoms with van der Waals surface area (Å²) >= 11 is 4.74. The zero-order valence-electron chi connectivity index (χ0n) is 8.50. The first-order chi connectivity index (χ1) is 6.97. The molecule has 0 amide bonds. The van der Waals surface area contributed by atoms with E-state index in [1.807, 2.05) is 0 Å². The van der Waals surface area contributed by atoms with Crippen molar-refractivity contribution in [2.45, 2.75) is 0 Å². The first-order valence-electron chi connectivity index (χ1n) is 3.87. The number of thiocarbonyl (C=S) groups is 1. The maximum atomic E-state index is 10.3. The molecule has 0 aliphatic carbocycles. The van der Waals surface area contributed by atoms with Crippen molar-refractivity contribution in [2.24, 2.45) is 0 Å². The van der Waals surface area contributed by atoms with Crippen LogP contribution in [0.1, 0.15) is 0 Å². The van der Waals surface area contributed by atoms with Crippen molar-refractivity contribution in [1.82, 2.24) is 10.3 Å². The van der Waals surface area contributed by atoms with Gasteiger partial charge in [-0.25, -0.2) is 13.4 Å². The fourth-order valence-corrected chi connectivity index (χ4v) is 1.34. The Morgan fingerprint density at radius 2 is 2.19 bits per heavy atom. The summed E-state index contributed by atoms with van der Waals surface area (Å²) in [4.78, 5) is 3.90. The van der Waals surface area contributed by atoms with Crippen molar-refractivity contribution in [3.05, 3.63) is 24.4 Å². The Labute approximate surface area is 121 Å². The second kappa shape index (κ2) is 7.15. The molecule has 1 aromatic rings. The summed E-state index contributed by atoms with van der Waals surface area (Å²) in [6, 6.07) is 5.12. The van der Waals surface area contributed by atoms with Crippen LogP contribution in [-0.2, 0) is 10.1 Å². The number of hydrogen-bond acceptors (Lipinski definition) is 5. The summed E-state index contributed by atoms with van der Waals surface area (Å²) in [7, 11) is -4.32. The molecule has 0 bridgehead atoms. The van der Waals surface area contributed by atoms with E-state index in [-0.39, 0.29) is 34.7 Å². The van der Waals surface area contributed by atoms with Crippen LogP contribution in [0.15, 0.2) is 24.4 Å². The second-order valence-electron chi connectivity index (χ2n) is 2.55. The molecule has 0 spiro atoms. The van der Waals surface area contributed by atoms with E-state index in [0.29, 0.717) is 5.82 Å². The van der Waals surface area contributed by atoms with Crippen LogP contribution >= 0.6 is 12.2 Å². The number of nitrogens with zero attached hydrogens (tertiary/aromatic N) is 1. The molecule has 0 unspecified atom stereocenters. The van der Waals surface area contributed by atoms with Crippen LogP contribution in [0.3, 0.4) is 0 Å². The van der Waals surface area contributed by atoms with Crippen LogP contribution in [-0.4, -0.2) is 28.9 Å². The smallest absolute Gasteiger partial charge is 0.747 e. The Hall–Kier alpha value is -0.250. The van der Waals surface area contributed by atoms with Crippen LogP contribution in [0.25, 0.3) is 0 Å². The molecule has 82 valence electrons. The Morgan fingerprint density at radius 1 is 1.50 bits per heavy atom. The van der Waals surface area contributed by atoms with E-state index in [4.69, 9.17) is 12.2 Å². The third-order valence-corrected chi connectivity index (χ3v) is 2.06. The van der Waals surface area contributed by atoms with E-state index in [2.05, 4.69) is 15.6 Å². The molecule has 9 heteroatoms. The SMILES string of the molecule is O=S(=O)([O-])CNC(=S)Nc1ccccn1.[Na+]. The molecule has 16 heavy (non-hydrogen) atoms. The van der Waals surface area contributed by atoms with Gasteiger partial charge >= 0.3 is 29.6 Å². The zero-order valence-corrected chi connectivity index (χ0v) is 12.1. The summed E-state index contributed by atoms with van der Waals surface area (Å²) < 4.78 is 30.8. The molecule has 6 nitrogen and oxygen atoms in total. The van der Waals surface area contributed by atoms with Crippen molar-refractivity contribution in [3.8, 4) is 0 Å². The minimum atomic E-state index is -4.32. The minimum absolute atomic E-state index is 0. The normalized spacial score (nSPS) is 10.1. The Bertz CT molecular complexity index is 437. The molecule has 0 aromatic carbocycles. The fraction of sp³-hybridized carbons (Fsp3) is 0.143. The van der Waals surface area contributed by atoms with Gasteiger partial charge in [0.15, 0.2) is 5.11 Å². The molecule has 0 saturated heterocycles. The number of nitrogens with one attached hydrogen (secondary N) is 2. The Kier molecular flexibility index (Phi) is 7.04. The summed E-state index contributed by atoms with van der Waals surface area (Å²) in [5.41, 5.74) is 0. The molecule has 2 N–H and O–H groups in total. The molecule has 0 atom stereocenters. The average molecular weight is 269 g/mol. The maximum absolute atomic E-state index is 10.3. The van der Waals surface area contributed by atoms with Crippen LogP contribution in [0.4, 0.5) is 5.82 Å². The van der Waals surface area contributed by atoms with E-state index in [9.17, 15) is 13.0 Å².